The number of fused-ring (bicyclic) bond motifs is 1. The first-order valence-corrected chi connectivity index (χ1v) is 3.74. The molecule has 0 fully saturated rings. The topological polar surface area (TPSA) is 61.0 Å². The Kier molecular flexibility index (Phi) is 1.51. The van der Waals surface area contributed by atoms with Gasteiger partial charge >= 0.3 is 0 Å². The Labute approximate surface area is 73.8 Å². The van der Waals surface area contributed by atoms with E-state index in [2.05, 4.69) is 4.98 Å². The molecule has 0 bridgehead atoms. The van der Waals surface area contributed by atoms with Crippen molar-refractivity contribution >= 4 is 16.7 Å². The summed E-state index contributed by atoms with van der Waals surface area (Å²) in [5, 5.41) is 10.6. The summed E-state index contributed by atoms with van der Waals surface area (Å²) in [5.74, 6) is 0. The molecule has 0 aliphatic rings. The molecule has 0 unspecified atom stereocenters. The van der Waals surface area contributed by atoms with Crippen LogP contribution in [0.5, 0.6) is 0 Å². The van der Waals surface area contributed by atoms with Crippen LogP contribution in [-0.2, 0) is 7.05 Å². The minimum Gasteiger partial charge on any atom is -0.334 e. The van der Waals surface area contributed by atoms with Gasteiger partial charge in [-0.1, -0.05) is 6.07 Å². The van der Waals surface area contributed by atoms with Gasteiger partial charge in [0.1, 0.15) is 0 Å². The van der Waals surface area contributed by atoms with Crippen molar-refractivity contribution in [2.75, 3.05) is 0 Å². The number of nitro benzene ring substituents is 1. The van der Waals surface area contributed by atoms with Gasteiger partial charge in [-0.15, -0.1) is 0 Å². The van der Waals surface area contributed by atoms with E-state index in [9.17, 15) is 10.1 Å². The fraction of sp³-hybridized carbons (Fsp3) is 0.125. The fourth-order valence-corrected chi connectivity index (χ4v) is 1.29. The summed E-state index contributed by atoms with van der Waals surface area (Å²) in [4.78, 5) is 14.1. The molecule has 0 atom stereocenters. The number of aryl methyl sites for hydroxylation is 1. The molecule has 0 aliphatic heterocycles. The fourth-order valence-electron chi connectivity index (χ4n) is 1.29. The van der Waals surface area contributed by atoms with Crippen molar-refractivity contribution < 1.29 is 4.92 Å². The maximum Gasteiger partial charge on any atom is 0.297 e. The molecule has 5 nitrogen and oxygen atoms in total. The summed E-state index contributed by atoms with van der Waals surface area (Å²) < 4.78 is 1.75. The highest BCUT2D eigenvalue weighted by atomic mass is 16.6. The summed E-state index contributed by atoms with van der Waals surface area (Å²) in [6.45, 7) is 0. The van der Waals surface area contributed by atoms with E-state index in [1.54, 1.807) is 30.1 Å². The van der Waals surface area contributed by atoms with Crippen LogP contribution >= 0.6 is 0 Å². The van der Waals surface area contributed by atoms with Crippen molar-refractivity contribution in [1.82, 2.24) is 9.55 Å². The third-order valence-corrected chi connectivity index (χ3v) is 1.93. The summed E-state index contributed by atoms with van der Waals surface area (Å²) in [7, 11) is 1.80. The third-order valence-electron chi connectivity index (χ3n) is 1.93. The van der Waals surface area contributed by atoms with Gasteiger partial charge in [0.25, 0.3) is 5.69 Å². The highest BCUT2D eigenvalue weighted by Gasteiger charge is 2.13. The monoisotopic (exact) mass is 177 g/mol. The molecular weight excluding hydrogens is 170 g/mol. The first-order chi connectivity index (χ1) is 6.20. The second-order valence-corrected chi connectivity index (χ2v) is 2.76. The Morgan fingerprint density at radius 1 is 1.54 bits per heavy atom. The van der Waals surface area contributed by atoms with Crippen LogP contribution in [0.25, 0.3) is 11.0 Å². The van der Waals surface area contributed by atoms with E-state index in [0.717, 1.165) is 5.52 Å². The van der Waals surface area contributed by atoms with Crippen LogP contribution in [0, 0.1) is 10.1 Å². The maximum absolute atomic E-state index is 10.6. The first-order valence-electron chi connectivity index (χ1n) is 3.74. The van der Waals surface area contributed by atoms with E-state index in [0.29, 0.717) is 5.52 Å². The Bertz CT molecular complexity index is 475. The number of hydrogen-bond acceptors (Lipinski definition) is 3. The zero-order chi connectivity index (χ0) is 9.42. The van der Waals surface area contributed by atoms with Gasteiger partial charge < -0.3 is 4.57 Å². The molecule has 0 amide bonds. The van der Waals surface area contributed by atoms with Crippen LogP contribution in [0.1, 0.15) is 0 Å². The minimum absolute atomic E-state index is 0.0538. The SMILES string of the molecule is Cn1cnc2c([N+](=O)[O-])cccc21. The quantitative estimate of drug-likeness (QED) is 0.489. The molecule has 66 valence electrons. The van der Waals surface area contributed by atoms with Gasteiger partial charge in [-0.2, -0.15) is 0 Å². The Hall–Kier alpha value is -1.91. The zero-order valence-corrected chi connectivity index (χ0v) is 6.97. The van der Waals surface area contributed by atoms with Gasteiger partial charge in [0.2, 0.25) is 0 Å². The number of nitro groups is 1. The zero-order valence-electron chi connectivity index (χ0n) is 6.97. The maximum atomic E-state index is 10.6. The number of para-hydroxylation sites is 1. The average molecular weight is 177 g/mol. The van der Waals surface area contributed by atoms with E-state index in [1.165, 1.54) is 6.07 Å². The predicted octanol–water partition coefficient (Wildman–Crippen LogP) is 1.48. The molecule has 0 N–H and O–H groups in total. The summed E-state index contributed by atoms with van der Waals surface area (Å²) in [5.41, 5.74) is 1.27. The summed E-state index contributed by atoms with van der Waals surface area (Å²) in [6, 6.07) is 4.91. The molecule has 0 saturated carbocycles. The molecule has 13 heavy (non-hydrogen) atoms. The molecule has 1 aromatic carbocycles. The molecule has 0 spiro atoms. The molecule has 0 saturated heterocycles. The number of rotatable bonds is 1. The van der Waals surface area contributed by atoms with Crippen molar-refractivity contribution in [1.29, 1.82) is 0 Å². The van der Waals surface area contributed by atoms with Crippen LogP contribution in [0.3, 0.4) is 0 Å². The second-order valence-electron chi connectivity index (χ2n) is 2.76. The third kappa shape index (κ3) is 1.05. The van der Waals surface area contributed by atoms with Gasteiger partial charge in [0.05, 0.1) is 16.8 Å². The lowest BCUT2D eigenvalue weighted by Crippen LogP contribution is -1.89. The molecule has 0 radical (unpaired) electrons. The van der Waals surface area contributed by atoms with E-state index in [4.69, 9.17) is 0 Å². The van der Waals surface area contributed by atoms with Crippen molar-refractivity contribution in [2.45, 2.75) is 0 Å². The Morgan fingerprint density at radius 2 is 2.31 bits per heavy atom. The molecular formula is C8H7N3O2. The second kappa shape index (κ2) is 2.55. The Morgan fingerprint density at radius 3 is 3.00 bits per heavy atom. The lowest BCUT2D eigenvalue weighted by Gasteiger charge is -1.93. The highest BCUT2D eigenvalue weighted by Crippen LogP contribution is 2.22. The summed E-state index contributed by atoms with van der Waals surface area (Å²) in [6.07, 6.45) is 1.57. The van der Waals surface area contributed by atoms with Crippen molar-refractivity contribution in [3.8, 4) is 0 Å². The number of hydrogen-bond donors (Lipinski definition) is 0. The number of imidazole rings is 1. The van der Waals surface area contributed by atoms with E-state index >= 15 is 0 Å². The molecule has 1 aromatic heterocycles. The average Bonchev–Trinajstić information content (AvgIpc) is 2.48. The van der Waals surface area contributed by atoms with Crippen LogP contribution < -0.4 is 0 Å². The van der Waals surface area contributed by atoms with E-state index < -0.39 is 4.92 Å². The van der Waals surface area contributed by atoms with Crippen LogP contribution in [0.2, 0.25) is 0 Å². The van der Waals surface area contributed by atoms with Gasteiger partial charge in [-0.25, -0.2) is 4.98 Å². The van der Waals surface area contributed by atoms with Gasteiger partial charge in [-0.05, 0) is 6.07 Å². The van der Waals surface area contributed by atoms with E-state index in [1.807, 2.05) is 0 Å². The largest absolute Gasteiger partial charge is 0.334 e. The van der Waals surface area contributed by atoms with Crippen molar-refractivity contribution in [3.05, 3.63) is 34.6 Å². The minimum atomic E-state index is -0.421. The predicted molar refractivity (Wildman–Crippen MR) is 47.4 cm³/mol. The summed E-state index contributed by atoms with van der Waals surface area (Å²) >= 11 is 0. The van der Waals surface area contributed by atoms with Crippen molar-refractivity contribution in [3.63, 3.8) is 0 Å². The van der Waals surface area contributed by atoms with Crippen molar-refractivity contribution in [2.24, 2.45) is 7.05 Å². The van der Waals surface area contributed by atoms with Crippen LogP contribution in [0.15, 0.2) is 24.5 Å². The Balaban J connectivity index is 2.84. The number of non-ortho nitro benzene ring substituents is 1. The lowest BCUT2D eigenvalue weighted by molar-refractivity contribution is -0.383. The van der Waals surface area contributed by atoms with Gasteiger partial charge in [-0.3, -0.25) is 10.1 Å². The number of benzene rings is 1. The molecule has 2 rings (SSSR count). The lowest BCUT2D eigenvalue weighted by atomic mass is 10.3. The van der Waals surface area contributed by atoms with E-state index in [-0.39, 0.29) is 5.69 Å². The van der Waals surface area contributed by atoms with Crippen LogP contribution in [0.4, 0.5) is 5.69 Å². The van der Waals surface area contributed by atoms with Gasteiger partial charge in [0.15, 0.2) is 5.52 Å². The normalized spacial score (nSPS) is 10.5. The highest BCUT2D eigenvalue weighted by molar-refractivity contribution is 5.84. The van der Waals surface area contributed by atoms with Gasteiger partial charge in [0, 0.05) is 13.1 Å². The standard InChI is InChI=1S/C8H7N3O2/c1-10-5-9-8-6(10)3-2-4-7(8)11(12)13/h2-5H,1H3. The smallest absolute Gasteiger partial charge is 0.297 e. The van der Waals surface area contributed by atoms with Crippen LogP contribution in [-0.4, -0.2) is 14.5 Å². The number of aromatic nitrogens is 2. The first kappa shape index (κ1) is 7.72. The molecule has 1 heterocycles. The molecule has 2 aromatic rings. The number of nitrogens with zero attached hydrogens (tertiary/aromatic N) is 3. The molecule has 0 aliphatic carbocycles. The molecule has 5 heteroatoms.